The van der Waals surface area contributed by atoms with E-state index in [2.05, 4.69) is 17.2 Å². The lowest BCUT2D eigenvalue weighted by Crippen LogP contribution is -2.12. The van der Waals surface area contributed by atoms with Crippen LogP contribution in [0.2, 0.25) is 0 Å². The third-order valence-corrected chi connectivity index (χ3v) is 3.01. The van der Waals surface area contributed by atoms with Gasteiger partial charge in [-0.25, -0.2) is 4.68 Å². The molecule has 0 spiro atoms. The van der Waals surface area contributed by atoms with E-state index in [0.29, 0.717) is 12.3 Å². The van der Waals surface area contributed by atoms with E-state index in [0.717, 1.165) is 24.1 Å². The van der Waals surface area contributed by atoms with E-state index in [4.69, 9.17) is 4.74 Å². The fraction of sp³-hybridized carbons (Fsp3) is 0.429. The minimum absolute atomic E-state index is 0.475. The molecule has 1 atom stereocenters. The molecule has 0 aliphatic rings. The summed E-state index contributed by atoms with van der Waals surface area (Å²) in [6, 6.07) is 7.70. The van der Waals surface area contributed by atoms with Crippen LogP contribution in [0.5, 0.6) is 0 Å². The van der Waals surface area contributed by atoms with Crippen molar-refractivity contribution in [2.75, 3.05) is 7.11 Å². The zero-order valence-electron chi connectivity index (χ0n) is 11.3. The Kier molecular flexibility index (Phi) is 4.65. The Bertz CT molecular complexity index is 525. The Balaban J connectivity index is 2.32. The maximum atomic E-state index is 10.5. The molecule has 2 aromatic rings. The van der Waals surface area contributed by atoms with E-state index in [1.54, 1.807) is 18.0 Å². The predicted molar refractivity (Wildman–Crippen MR) is 71.5 cm³/mol. The van der Waals surface area contributed by atoms with Crippen molar-refractivity contribution in [2.45, 2.75) is 32.6 Å². The number of aliphatic hydroxyl groups is 1. The zero-order valence-corrected chi connectivity index (χ0v) is 11.3. The molecular weight excluding hydrogens is 242 g/mol. The van der Waals surface area contributed by atoms with Gasteiger partial charge in [-0.2, -0.15) is 0 Å². The Morgan fingerprint density at radius 3 is 2.89 bits per heavy atom. The second-order valence-corrected chi connectivity index (χ2v) is 4.42. The van der Waals surface area contributed by atoms with Crippen molar-refractivity contribution < 1.29 is 9.84 Å². The van der Waals surface area contributed by atoms with Gasteiger partial charge in [-0.15, -0.1) is 5.10 Å². The van der Waals surface area contributed by atoms with Crippen LogP contribution in [-0.2, 0) is 17.9 Å². The van der Waals surface area contributed by atoms with Crippen molar-refractivity contribution in [3.8, 4) is 0 Å². The number of ether oxygens (including phenoxy) is 1. The van der Waals surface area contributed by atoms with Gasteiger partial charge in [-0.3, -0.25) is 0 Å². The number of hydrogen-bond donors (Lipinski definition) is 1. The summed E-state index contributed by atoms with van der Waals surface area (Å²) >= 11 is 0. The molecule has 1 heterocycles. The number of hydrogen-bond acceptors (Lipinski definition) is 4. The Morgan fingerprint density at radius 1 is 1.37 bits per heavy atom. The van der Waals surface area contributed by atoms with E-state index < -0.39 is 6.10 Å². The molecule has 0 saturated heterocycles. The number of methoxy groups -OCH3 is 1. The average molecular weight is 261 g/mol. The molecule has 0 amide bonds. The number of aromatic nitrogens is 3. The molecule has 5 heteroatoms. The molecule has 0 aliphatic carbocycles. The number of benzene rings is 1. The van der Waals surface area contributed by atoms with Gasteiger partial charge in [0.15, 0.2) is 0 Å². The van der Waals surface area contributed by atoms with E-state index in [-0.39, 0.29) is 0 Å². The lowest BCUT2D eigenvalue weighted by atomic mass is 10.0. The fourth-order valence-corrected chi connectivity index (χ4v) is 2.11. The first-order chi connectivity index (χ1) is 9.27. The Labute approximate surface area is 112 Å². The van der Waals surface area contributed by atoms with Crippen LogP contribution in [0, 0.1) is 0 Å². The Hall–Kier alpha value is -1.72. The molecule has 19 heavy (non-hydrogen) atoms. The highest BCUT2D eigenvalue weighted by atomic mass is 16.5. The van der Waals surface area contributed by atoms with E-state index in [1.165, 1.54) is 0 Å². The van der Waals surface area contributed by atoms with Crippen LogP contribution in [0.4, 0.5) is 0 Å². The van der Waals surface area contributed by atoms with Crippen LogP contribution in [0.15, 0.2) is 30.5 Å². The smallest absolute Gasteiger partial charge is 0.123 e. The fourth-order valence-electron chi connectivity index (χ4n) is 2.11. The molecule has 0 aliphatic heterocycles. The van der Waals surface area contributed by atoms with Crippen molar-refractivity contribution in [1.82, 2.24) is 15.0 Å². The summed E-state index contributed by atoms with van der Waals surface area (Å²) in [6.45, 7) is 3.29. The van der Waals surface area contributed by atoms with Gasteiger partial charge < -0.3 is 9.84 Å². The van der Waals surface area contributed by atoms with Crippen LogP contribution < -0.4 is 0 Å². The van der Waals surface area contributed by atoms with Gasteiger partial charge in [0, 0.05) is 13.7 Å². The lowest BCUT2D eigenvalue weighted by molar-refractivity contribution is 0.173. The highest BCUT2D eigenvalue weighted by Gasteiger charge is 2.18. The maximum absolute atomic E-state index is 10.5. The minimum Gasteiger partial charge on any atom is -0.382 e. The summed E-state index contributed by atoms with van der Waals surface area (Å²) in [5.74, 6) is 0. The van der Waals surface area contributed by atoms with Crippen LogP contribution in [-0.4, -0.2) is 27.2 Å². The van der Waals surface area contributed by atoms with Crippen molar-refractivity contribution in [1.29, 1.82) is 0 Å². The molecule has 2 rings (SSSR count). The van der Waals surface area contributed by atoms with Gasteiger partial charge >= 0.3 is 0 Å². The van der Waals surface area contributed by atoms with Gasteiger partial charge in [-0.1, -0.05) is 36.4 Å². The van der Waals surface area contributed by atoms with Crippen LogP contribution >= 0.6 is 0 Å². The SMILES string of the molecule is CCCn1nncc1C(O)c1ccccc1COC. The monoisotopic (exact) mass is 261 g/mol. The van der Waals surface area contributed by atoms with Gasteiger partial charge in [-0.05, 0) is 17.5 Å². The van der Waals surface area contributed by atoms with Crippen molar-refractivity contribution >= 4 is 0 Å². The molecule has 0 fully saturated rings. The molecule has 102 valence electrons. The summed E-state index contributed by atoms with van der Waals surface area (Å²) in [6.07, 6.45) is 1.83. The van der Waals surface area contributed by atoms with E-state index >= 15 is 0 Å². The second kappa shape index (κ2) is 6.45. The maximum Gasteiger partial charge on any atom is 0.123 e. The highest BCUT2D eigenvalue weighted by molar-refractivity contribution is 5.32. The average Bonchev–Trinajstić information content (AvgIpc) is 2.88. The topological polar surface area (TPSA) is 60.2 Å². The van der Waals surface area contributed by atoms with Crippen molar-refractivity contribution in [3.05, 3.63) is 47.3 Å². The standard InChI is InChI=1S/C14H19N3O2/c1-3-8-17-13(9-15-16-17)14(18)12-7-5-4-6-11(12)10-19-2/h4-7,9,14,18H,3,8,10H2,1-2H3. The molecule has 1 unspecified atom stereocenters. The lowest BCUT2D eigenvalue weighted by Gasteiger charge is -2.16. The van der Waals surface area contributed by atoms with E-state index in [9.17, 15) is 5.11 Å². The van der Waals surface area contributed by atoms with Crippen molar-refractivity contribution in [3.63, 3.8) is 0 Å². The Morgan fingerprint density at radius 2 is 2.16 bits per heavy atom. The summed E-state index contributed by atoms with van der Waals surface area (Å²) in [5.41, 5.74) is 2.52. The number of aryl methyl sites for hydroxylation is 1. The molecule has 0 radical (unpaired) electrons. The molecular formula is C14H19N3O2. The van der Waals surface area contributed by atoms with Crippen molar-refractivity contribution in [2.24, 2.45) is 0 Å². The first-order valence-corrected chi connectivity index (χ1v) is 6.41. The molecule has 5 nitrogen and oxygen atoms in total. The summed E-state index contributed by atoms with van der Waals surface area (Å²) < 4.78 is 6.91. The van der Waals surface area contributed by atoms with Crippen LogP contribution in [0.25, 0.3) is 0 Å². The van der Waals surface area contributed by atoms with Crippen LogP contribution in [0.3, 0.4) is 0 Å². The quantitative estimate of drug-likeness (QED) is 0.863. The third kappa shape index (κ3) is 3.00. The number of aliphatic hydroxyl groups excluding tert-OH is 1. The summed E-state index contributed by atoms with van der Waals surface area (Å²) in [5, 5.41) is 18.4. The number of rotatable bonds is 6. The first-order valence-electron chi connectivity index (χ1n) is 6.41. The molecule has 1 N–H and O–H groups in total. The van der Waals surface area contributed by atoms with Gasteiger partial charge in [0.25, 0.3) is 0 Å². The third-order valence-electron chi connectivity index (χ3n) is 3.01. The molecule has 1 aromatic carbocycles. The number of nitrogens with zero attached hydrogens (tertiary/aromatic N) is 3. The summed E-state index contributed by atoms with van der Waals surface area (Å²) in [7, 11) is 1.64. The van der Waals surface area contributed by atoms with Gasteiger partial charge in [0.2, 0.25) is 0 Å². The zero-order chi connectivity index (χ0) is 13.7. The van der Waals surface area contributed by atoms with Crippen LogP contribution in [0.1, 0.15) is 36.3 Å². The minimum atomic E-state index is -0.729. The first kappa shape index (κ1) is 13.7. The summed E-state index contributed by atoms with van der Waals surface area (Å²) in [4.78, 5) is 0. The second-order valence-electron chi connectivity index (χ2n) is 4.42. The normalized spacial score (nSPS) is 12.6. The molecule has 0 bridgehead atoms. The largest absolute Gasteiger partial charge is 0.382 e. The van der Waals surface area contributed by atoms with Gasteiger partial charge in [0.1, 0.15) is 6.10 Å². The highest BCUT2D eigenvalue weighted by Crippen LogP contribution is 2.24. The molecule has 1 aromatic heterocycles. The molecule has 0 saturated carbocycles. The van der Waals surface area contributed by atoms with Gasteiger partial charge in [0.05, 0.1) is 18.5 Å². The van der Waals surface area contributed by atoms with E-state index in [1.807, 2.05) is 24.3 Å². The predicted octanol–water partition coefficient (Wildman–Crippen LogP) is 1.92.